The van der Waals surface area contributed by atoms with Crippen molar-refractivity contribution in [3.8, 4) is 17.2 Å². The summed E-state index contributed by atoms with van der Waals surface area (Å²) in [6.07, 6.45) is 7.83. The first-order chi connectivity index (χ1) is 16.6. The third-order valence-electron chi connectivity index (χ3n) is 6.88. The highest BCUT2D eigenvalue weighted by Crippen LogP contribution is 2.35. The van der Waals surface area contributed by atoms with Gasteiger partial charge in [0.05, 0.1) is 17.8 Å². The summed E-state index contributed by atoms with van der Waals surface area (Å²) in [6.45, 7) is 2.60. The average molecular weight is 453 g/mol. The topological polar surface area (TPSA) is 88.4 Å². The minimum atomic E-state index is 0.211. The minimum absolute atomic E-state index is 0.211. The number of carbonyl (C=O) groups excluding carboxylic acids is 1. The molecule has 0 aliphatic carbocycles. The molecule has 2 fully saturated rings. The number of likely N-dealkylation sites (tertiary alicyclic amines) is 1. The van der Waals surface area contributed by atoms with E-state index in [1.165, 1.54) is 0 Å². The maximum Gasteiger partial charge on any atom is 0.223 e. The van der Waals surface area contributed by atoms with Crippen LogP contribution in [-0.2, 0) is 11.2 Å². The van der Waals surface area contributed by atoms with Gasteiger partial charge in [-0.15, -0.1) is 0 Å². The number of hydrogen-bond donors (Lipinski definition) is 1. The fraction of sp³-hybridized carbons (Fsp3) is 0.333. The van der Waals surface area contributed by atoms with E-state index in [0.717, 1.165) is 54.0 Å². The van der Waals surface area contributed by atoms with Crippen molar-refractivity contribution in [2.75, 3.05) is 31.6 Å². The predicted molar refractivity (Wildman–Crippen MR) is 133 cm³/mol. The molecule has 2 aliphatic heterocycles. The SMILES string of the molecule is C/N=C\c1cc(-c2cn[nH]c2)ccc1N1C[C@@H]2C[C@@H](C1)N(C(=O)CCc1cccc(C#N)c1)C2. The van der Waals surface area contributed by atoms with Crippen LogP contribution in [0.3, 0.4) is 0 Å². The molecule has 2 atom stereocenters. The van der Waals surface area contributed by atoms with E-state index in [2.05, 4.69) is 49.3 Å². The number of nitrogens with zero attached hydrogens (tertiary/aromatic N) is 5. The van der Waals surface area contributed by atoms with Gasteiger partial charge in [0.25, 0.3) is 0 Å². The first-order valence-electron chi connectivity index (χ1n) is 11.7. The van der Waals surface area contributed by atoms with Gasteiger partial charge in [-0.25, -0.2) is 0 Å². The third kappa shape index (κ3) is 4.44. The second kappa shape index (κ2) is 9.52. The number of benzene rings is 2. The smallest absolute Gasteiger partial charge is 0.223 e. The molecule has 7 nitrogen and oxygen atoms in total. The van der Waals surface area contributed by atoms with Crippen molar-refractivity contribution in [3.63, 3.8) is 0 Å². The Morgan fingerprint density at radius 3 is 2.94 bits per heavy atom. The van der Waals surface area contributed by atoms with Crippen LogP contribution < -0.4 is 4.90 Å². The van der Waals surface area contributed by atoms with Crippen molar-refractivity contribution in [1.82, 2.24) is 15.1 Å². The molecule has 34 heavy (non-hydrogen) atoms. The molecule has 3 aromatic rings. The standard InChI is InChI=1S/C27H28N6O/c1-29-13-23-11-22(24-14-30-31-15-24)6-7-26(23)32-16-21-10-25(18-32)33(17-21)27(34)8-5-19-3-2-4-20(9-19)12-28/h2-4,6-7,9,11,13-15,21,25H,5,8,10,16-18H2,1H3,(H,30,31)/b29-13-/t21-,25-/m0/s1. The molecule has 2 aliphatic rings. The molecule has 7 heteroatoms. The molecule has 0 radical (unpaired) electrons. The van der Waals surface area contributed by atoms with E-state index in [1.54, 1.807) is 13.1 Å². The van der Waals surface area contributed by atoms with Gasteiger partial charge in [0.15, 0.2) is 0 Å². The number of H-pyrrole nitrogens is 1. The van der Waals surface area contributed by atoms with Crippen molar-refractivity contribution in [2.24, 2.45) is 10.9 Å². The molecule has 2 bridgehead atoms. The quantitative estimate of drug-likeness (QED) is 0.578. The van der Waals surface area contributed by atoms with Gasteiger partial charge < -0.3 is 9.80 Å². The summed E-state index contributed by atoms with van der Waals surface area (Å²) < 4.78 is 0. The highest BCUT2D eigenvalue weighted by atomic mass is 16.2. The number of piperidine rings is 1. The van der Waals surface area contributed by atoms with Gasteiger partial charge in [0, 0.05) is 68.4 Å². The molecule has 0 spiro atoms. The molecule has 2 saturated heterocycles. The lowest BCUT2D eigenvalue weighted by Gasteiger charge is -2.35. The number of nitriles is 1. The van der Waals surface area contributed by atoms with Crippen LogP contribution in [0.5, 0.6) is 0 Å². The highest BCUT2D eigenvalue weighted by molar-refractivity contribution is 5.90. The zero-order valence-electron chi connectivity index (χ0n) is 19.3. The molecular formula is C27H28N6O. The zero-order chi connectivity index (χ0) is 23.5. The summed E-state index contributed by atoms with van der Waals surface area (Å²) in [5.41, 5.74) is 6.07. The van der Waals surface area contributed by atoms with Crippen LogP contribution in [0.4, 0.5) is 5.69 Å². The van der Waals surface area contributed by atoms with Crippen LogP contribution in [0.2, 0.25) is 0 Å². The number of aromatic amines is 1. The molecule has 1 aromatic heterocycles. The number of amides is 1. The largest absolute Gasteiger partial charge is 0.369 e. The lowest BCUT2D eigenvalue weighted by Crippen LogP contribution is -2.44. The molecule has 0 unspecified atom stereocenters. The van der Waals surface area contributed by atoms with E-state index in [4.69, 9.17) is 5.26 Å². The maximum atomic E-state index is 13.1. The fourth-order valence-corrected chi connectivity index (χ4v) is 5.33. The number of rotatable bonds is 6. The normalized spacial score (nSPS) is 19.5. The second-order valence-corrected chi connectivity index (χ2v) is 9.17. The summed E-state index contributed by atoms with van der Waals surface area (Å²) in [6, 6.07) is 16.4. The summed E-state index contributed by atoms with van der Waals surface area (Å²) in [7, 11) is 1.79. The lowest BCUT2D eigenvalue weighted by molar-refractivity contribution is -0.131. The molecular weight excluding hydrogens is 424 g/mol. The van der Waals surface area contributed by atoms with Crippen LogP contribution in [-0.4, -0.2) is 59.9 Å². The van der Waals surface area contributed by atoms with E-state index in [0.29, 0.717) is 24.3 Å². The number of anilines is 1. The molecule has 172 valence electrons. The molecule has 1 N–H and O–H groups in total. The number of aliphatic imine (C=N–C) groups is 1. The highest BCUT2D eigenvalue weighted by Gasteiger charge is 2.40. The van der Waals surface area contributed by atoms with Crippen LogP contribution in [0.1, 0.15) is 29.5 Å². The summed E-state index contributed by atoms with van der Waals surface area (Å²) in [5.74, 6) is 0.687. The van der Waals surface area contributed by atoms with Gasteiger partial charge in [0.2, 0.25) is 5.91 Å². The monoisotopic (exact) mass is 452 g/mol. The second-order valence-electron chi connectivity index (χ2n) is 9.17. The van der Waals surface area contributed by atoms with Crippen molar-refractivity contribution < 1.29 is 4.79 Å². The minimum Gasteiger partial charge on any atom is -0.369 e. The average Bonchev–Trinajstić information content (AvgIpc) is 3.50. The molecule has 5 rings (SSSR count). The lowest BCUT2D eigenvalue weighted by atomic mass is 9.97. The third-order valence-corrected chi connectivity index (χ3v) is 6.88. The molecule has 3 heterocycles. The van der Waals surface area contributed by atoms with E-state index in [-0.39, 0.29) is 11.9 Å². The summed E-state index contributed by atoms with van der Waals surface area (Å²) in [5, 5.41) is 16.0. The summed E-state index contributed by atoms with van der Waals surface area (Å²) >= 11 is 0. The maximum absolute atomic E-state index is 13.1. The van der Waals surface area contributed by atoms with Gasteiger partial charge >= 0.3 is 0 Å². The van der Waals surface area contributed by atoms with Gasteiger partial charge in [-0.1, -0.05) is 18.2 Å². The Kier molecular flexibility index (Phi) is 6.13. The summed E-state index contributed by atoms with van der Waals surface area (Å²) in [4.78, 5) is 21.9. The van der Waals surface area contributed by atoms with Crippen molar-refractivity contribution in [3.05, 3.63) is 71.5 Å². The van der Waals surface area contributed by atoms with E-state index < -0.39 is 0 Å². The van der Waals surface area contributed by atoms with Crippen molar-refractivity contribution in [1.29, 1.82) is 5.26 Å². The Morgan fingerprint density at radius 2 is 2.15 bits per heavy atom. The Hall–Kier alpha value is -3.92. The van der Waals surface area contributed by atoms with E-state index >= 15 is 0 Å². The van der Waals surface area contributed by atoms with Crippen LogP contribution in [0, 0.1) is 17.2 Å². The van der Waals surface area contributed by atoms with Crippen molar-refractivity contribution >= 4 is 17.8 Å². The predicted octanol–water partition coefficient (Wildman–Crippen LogP) is 3.67. The molecule has 0 saturated carbocycles. The molecule has 2 aromatic carbocycles. The fourth-order valence-electron chi connectivity index (χ4n) is 5.33. The number of aryl methyl sites for hydroxylation is 1. The van der Waals surface area contributed by atoms with Gasteiger partial charge in [-0.3, -0.25) is 14.9 Å². The Bertz CT molecular complexity index is 1240. The van der Waals surface area contributed by atoms with E-state index in [9.17, 15) is 4.79 Å². The first-order valence-corrected chi connectivity index (χ1v) is 11.7. The van der Waals surface area contributed by atoms with Crippen molar-refractivity contribution in [2.45, 2.75) is 25.3 Å². The van der Waals surface area contributed by atoms with Gasteiger partial charge in [0.1, 0.15) is 0 Å². The molecule has 1 amide bonds. The Labute approximate surface area is 199 Å². The Morgan fingerprint density at radius 1 is 1.24 bits per heavy atom. The van der Waals surface area contributed by atoms with Crippen LogP contribution >= 0.6 is 0 Å². The van der Waals surface area contributed by atoms with Gasteiger partial charge in [-0.05, 0) is 54.2 Å². The number of carbonyl (C=O) groups is 1. The number of nitrogens with one attached hydrogen (secondary N) is 1. The number of aromatic nitrogens is 2. The zero-order valence-corrected chi connectivity index (χ0v) is 19.3. The van der Waals surface area contributed by atoms with Gasteiger partial charge in [-0.2, -0.15) is 10.4 Å². The van der Waals surface area contributed by atoms with Crippen LogP contribution in [0.15, 0.2) is 59.9 Å². The van der Waals surface area contributed by atoms with Crippen LogP contribution in [0.25, 0.3) is 11.1 Å². The first kappa shape index (κ1) is 21.9. The Balaban J connectivity index is 1.29. The van der Waals surface area contributed by atoms with E-state index in [1.807, 2.05) is 36.8 Å². The number of fused-ring (bicyclic) bond motifs is 2. The number of hydrogen-bond acceptors (Lipinski definition) is 5.